The molecule has 0 unspecified atom stereocenters. The number of benzene rings is 2. The van der Waals surface area contributed by atoms with Crippen LogP contribution < -0.4 is 11.1 Å². The zero-order valence-corrected chi connectivity index (χ0v) is 19.5. The fraction of sp³-hybridized carbons (Fsp3) is 0.308. The van der Waals surface area contributed by atoms with Crippen LogP contribution in [0.5, 0.6) is 0 Å². The number of carbonyl (C=O) groups excluding carboxylic acids is 1. The van der Waals surface area contributed by atoms with Crippen molar-refractivity contribution >= 4 is 11.7 Å². The molecule has 2 atom stereocenters. The maximum atomic E-state index is 14.0. The summed E-state index contributed by atoms with van der Waals surface area (Å²) in [5, 5.41) is 2.73. The molecule has 0 saturated heterocycles. The number of hydrogen-bond donors (Lipinski definition) is 2. The molecule has 1 aliphatic rings. The molecule has 0 fully saturated rings. The molecule has 196 valence electrons. The second-order valence-electron chi connectivity index (χ2n) is 8.95. The molecule has 3 N–H and O–H groups in total. The van der Waals surface area contributed by atoms with E-state index in [2.05, 4.69) is 10.3 Å². The lowest BCUT2D eigenvalue weighted by Crippen LogP contribution is -2.49. The first-order valence-electron chi connectivity index (χ1n) is 11.5. The molecular weight excluding hydrogens is 498 g/mol. The number of nitrogens with one attached hydrogen (secondary N) is 1. The molecule has 0 bridgehead atoms. The van der Waals surface area contributed by atoms with E-state index in [-0.39, 0.29) is 37.3 Å². The van der Waals surface area contributed by atoms with Gasteiger partial charge in [-0.1, -0.05) is 24.3 Å². The highest BCUT2D eigenvalue weighted by Gasteiger charge is 2.35. The molecule has 3 aromatic rings. The van der Waals surface area contributed by atoms with Crippen molar-refractivity contribution in [1.29, 1.82) is 0 Å². The van der Waals surface area contributed by atoms with Crippen molar-refractivity contribution in [2.75, 3.05) is 11.9 Å². The largest absolute Gasteiger partial charge is 0.419 e. The number of nitrogens with two attached hydrogens (primary N) is 1. The second-order valence-corrected chi connectivity index (χ2v) is 8.95. The van der Waals surface area contributed by atoms with Crippen LogP contribution in [-0.4, -0.2) is 34.4 Å². The van der Waals surface area contributed by atoms with E-state index < -0.39 is 47.2 Å². The minimum atomic E-state index is -4.60. The molecule has 11 heteroatoms. The van der Waals surface area contributed by atoms with E-state index in [1.54, 1.807) is 0 Å². The highest BCUT2D eigenvalue weighted by Crippen LogP contribution is 2.34. The Kier molecular flexibility index (Phi) is 7.72. The maximum Gasteiger partial charge on any atom is 0.419 e. The number of alkyl halides is 3. The summed E-state index contributed by atoms with van der Waals surface area (Å²) >= 11 is 0. The molecule has 0 radical (unpaired) electrons. The van der Waals surface area contributed by atoms with E-state index >= 15 is 0 Å². The van der Waals surface area contributed by atoms with Crippen molar-refractivity contribution < 1.29 is 31.1 Å². The molecule has 0 aliphatic carbocycles. The van der Waals surface area contributed by atoms with Crippen molar-refractivity contribution in [3.8, 4) is 0 Å². The monoisotopic (exact) mass is 522 g/mol. The van der Waals surface area contributed by atoms with Gasteiger partial charge in [0, 0.05) is 37.8 Å². The lowest BCUT2D eigenvalue weighted by atomic mass is 9.93. The molecule has 2 heterocycles. The lowest BCUT2D eigenvalue weighted by Gasteiger charge is -2.38. The summed E-state index contributed by atoms with van der Waals surface area (Å²) in [6, 6.07) is 9.25. The topological polar surface area (TPSA) is 71.2 Å². The third kappa shape index (κ3) is 6.22. The van der Waals surface area contributed by atoms with E-state index in [4.69, 9.17) is 5.73 Å². The van der Waals surface area contributed by atoms with Crippen LogP contribution in [0.3, 0.4) is 0 Å². The normalized spacial score (nSPS) is 16.3. The van der Waals surface area contributed by atoms with Crippen molar-refractivity contribution in [2.45, 2.75) is 44.1 Å². The Balaban J connectivity index is 1.50. The van der Waals surface area contributed by atoms with Gasteiger partial charge in [0.1, 0.15) is 11.6 Å². The van der Waals surface area contributed by atoms with E-state index in [0.717, 1.165) is 17.2 Å². The van der Waals surface area contributed by atoms with Gasteiger partial charge in [0.05, 0.1) is 11.6 Å². The third-order valence-corrected chi connectivity index (χ3v) is 6.30. The minimum absolute atomic E-state index is 0.00674. The average molecular weight is 522 g/mol. The highest BCUT2D eigenvalue weighted by atomic mass is 19.4. The standard InChI is InChI=1S/C26H24F6N4O/c27-21-12-23(29)22(28)10-17(21)8-18(33)11-24(37)36-14-16-5-2-1-4-15(16)9-19(36)13-35-25-20(26(30,31)32)6-3-7-34-25/h1-7,10,12,18-19H,8-9,11,13-14,33H2,(H,34,35)/t18-,19+/m1/s1. The quantitative estimate of drug-likeness (QED) is 0.344. The molecule has 0 saturated carbocycles. The number of rotatable bonds is 7. The average Bonchev–Trinajstić information content (AvgIpc) is 2.85. The van der Waals surface area contributed by atoms with E-state index in [1.807, 2.05) is 24.3 Å². The number of aromatic nitrogens is 1. The zero-order chi connectivity index (χ0) is 26.7. The number of fused-ring (bicyclic) bond motifs is 1. The van der Waals surface area contributed by atoms with Gasteiger partial charge in [0.25, 0.3) is 0 Å². The molecule has 5 nitrogen and oxygen atoms in total. The smallest absolute Gasteiger partial charge is 0.367 e. The summed E-state index contributed by atoms with van der Waals surface area (Å²) in [6.07, 6.45) is -3.41. The van der Waals surface area contributed by atoms with Gasteiger partial charge in [-0.05, 0) is 47.7 Å². The van der Waals surface area contributed by atoms with Crippen LogP contribution in [-0.2, 0) is 30.4 Å². The molecule has 1 amide bonds. The maximum absolute atomic E-state index is 14.0. The SMILES string of the molecule is N[C@@H](CC(=O)N1Cc2ccccc2C[C@H]1CNc1ncccc1C(F)(F)F)Cc1cc(F)c(F)cc1F. The Morgan fingerprint density at radius 2 is 1.76 bits per heavy atom. The number of nitrogens with zero attached hydrogens (tertiary/aromatic N) is 2. The predicted octanol–water partition coefficient (Wildman–Crippen LogP) is 4.84. The van der Waals surface area contributed by atoms with Crippen LogP contribution in [0.2, 0.25) is 0 Å². The Hall–Kier alpha value is -3.60. The van der Waals surface area contributed by atoms with Gasteiger partial charge in [0.2, 0.25) is 5.91 Å². The number of anilines is 1. The summed E-state index contributed by atoms with van der Waals surface area (Å²) in [5.74, 6) is -4.25. The van der Waals surface area contributed by atoms with Crippen LogP contribution in [0.4, 0.5) is 32.2 Å². The lowest BCUT2D eigenvalue weighted by molar-refractivity contribution is -0.137. The van der Waals surface area contributed by atoms with Gasteiger partial charge in [-0.3, -0.25) is 4.79 Å². The minimum Gasteiger partial charge on any atom is -0.367 e. The van der Waals surface area contributed by atoms with Crippen LogP contribution >= 0.6 is 0 Å². The second kappa shape index (κ2) is 10.8. The third-order valence-electron chi connectivity index (χ3n) is 6.30. The highest BCUT2D eigenvalue weighted by molar-refractivity contribution is 5.77. The first kappa shape index (κ1) is 26.5. The van der Waals surface area contributed by atoms with Crippen LogP contribution in [0.15, 0.2) is 54.7 Å². The summed E-state index contributed by atoms with van der Waals surface area (Å²) in [7, 11) is 0. The summed E-state index contributed by atoms with van der Waals surface area (Å²) in [5.41, 5.74) is 6.84. The van der Waals surface area contributed by atoms with Gasteiger partial charge in [0.15, 0.2) is 11.6 Å². The number of halogens is 6. The number of amides is 1. The predicted molar refractivity (Wildman–Crippen MR) is 125 cm³/mol. The first-order chi connectivity index (χ1) is 17.5. The Bertz CT molecular complexity index is 1280. The Morgan fingerprint density at radius 1 is 1.05 bits per heavy atom. The van der Waals surface area contributed by atoms with Crippen LogP contribution in [0.1, 0.15) is 28.7 Å². The van der Waals surface area contributed by atoms with Crippen molar-refractivity contribution in [1.82, 2.24) is 9.88 Å². The summed E-state index contributed by atoms with van der Waals surface area (Å²) < 4.78 is 81.0. The molecule has 37 heavy (non-hydrogen) atoms. The fourth-order valence-corrected chi connectivity index (χ4v) is 4.47. The van der Waals surface area contributed by atoms with E-state index in [1.165, 1.54) is 17.2 Å². The first-order valence-corrected chi connectivity index (χ1v) is 11.5. The fourth-order valence-electron chi connectivity index (χ4n) is 4.47. The number of carbonyl (C=O) groups is 1. The van der Waals surface area contributed by atoms with E-state index in [9.17, 15) is 31.1 Å². The van der Waals surface area contributed by atoms with Crippen molar-refractivity contribution in [3.63, 3.8) is 0 Å². The molecule has 0 spiro atoms. The molecule has 1 aliphatic heterocycles. The molecule has 1 aromatic heterocycles. The van der Waals surface area contributed by atoms with Gasteiger partial charge in [-0.15, -0.1) is 0 Å². The summed E-state index contributed by atoms with van der Waals surface area (Å²) in [4.78, 5) is 18.6. The number of hydrogen-bond acceptors (Lipinski definition) is 4. The van der Waals surface area contributed by atoms with Crippen molar-refractivity contribution in [2.24, 2.45) is 5.73 Å². The van der Waals surface area contributed by atoms with Crippen LogP contribution in [0, 0.1) is 17.5 Å². The van der Waals surface area contributed by atoms with Gasteiger partial charge in [-0.25, -0.2) is 18.2 Å². The number of pyridine rings is 1. The Labute approximate surface area is 209 Å². The van der Waals surface area contributed by atoms with E-state index in [0.29, 0.717) is 18.6 Å². The van der Waals surface area contributed by atoms with Gasteiger partial charge < -0.3 is 16.0 Å². The zero-order valence-electron chi connectivity index (χ0n) is 19.5. The Morgan fingerprint density at radius 3 is 2.49 bits per heavy atom. The van der Waals surface area contributed by atoms with Gasteiger partial charge in [-0.2, -0.15) is 13.2 Å². The van der Waals surface area contributed by atoms with Crippen molar-refractivity contribution in [3.05, 3.63) is 94.4 Å². The summed E-state index contributed by atoms with van der Waals surface area (Å²) in [6.45, 7) is 0.204. The van der Waals surface area contributed by atoms with Gasteiger partial charge >= 0.3 is 6.18 Å². The van der Waals surface area contributed by atoms with Crippen LogP contribution in [0.25, 0.3) is 0 Å². The molecule has 4 rings (SSSR count). The molecule has 2 aromatic carbocycles. The molecular formula is C26H24F6N4O.